The van der Waals surface area contributed by atoms with E-state index in [1.165, 1.54) is 4.31 Å². The first-order valence-electron chi connectivity index (χ1n) is 9.61. The number of sulfonamides is 1. The first-order chi connectivity index (χ1) is 13.9. The van der Waals surface area contributed by atoms with E-state index in [9.17, 15) is 13.2 Å². The van der Waals surface area contributed by atoms with Crippen LogP contribution in [0.3, 0.4) is 0 Å². The molecule has 150 valence electrons. The maximum Gasteiger partial charge on any atom is 0.255 e. The highest BCUT2D eigenvalue weighted by Gasteiger charge is 2.26. The lowest BCUT2D eigenvalue weighted by Crippen LogP contribution is -2.27. The number of aryl methyl sites for hydroxylation is 1. The molecular formula is C22H23N3O3S. The Kier molecular flexibility index (Phi) is 5.25. The third-order valence-electron chi connectivity index (χ3n) is 5.17. The van der Waals surface area contributed by atoms with Crippen LogP contribution < -0.4 is 5.32 Å². The van der Waals surface area contributed by atoms with E-state index in [0.717, 1.165) is 24.1 Å². The highest BCUT2D eigenvalue weighted by Crippen LogP contribution is 2.23. The van der Waals surface area contributed by atoms with Crippen LogP contribution in [0.1, 0.15) is 28.8 Å². The lowest BCUT2D eigenvalue weighted by atomic mass is 10.1. The largest absolute Gasteiger partial charge is 0.324 e. The number of amides is 1. The van der Waals surface area contributed by atoms with Crippen molar-refractivity contribution in [2.75, 3.05) is 18.4 Å². The maximum absolute atomic E-state index is 12.7. The highest BCUT2D eigenvalue weighted by atomic mass is 32.2. The van der Waals surface area contributed by atoms with Crippen molar-refractivity contribution in [1.29, 1.82) is 0 Å². The van der Waals surface area contributed by atoms with Gasteiger partial charge in [0.25, 0.3) is 5.91 Å². The third-order valence-corrected chi connectivity index (χ3v) is 7.08. The number of nitrogens with zero attached hydrogens (tertiary/aromatic N) is 2. The molecule has 2 aromatic carbocycles. The quantitative estimate of drug-likeness (QED) is 0.696. The van der Waals surface area contributed by atoms with Crippen LogP contribution in [0.25, 0.3) is 5.69 Å². The van der Waals surface area contributed by atoms with Crippen LogP contribution >= 0.6 is 0 Å². The number of carbonyl (C=O) groups excluding carboxylic acids is 1. The number of benzene rings is 2. The van der Waals surface area contributed by atoms with Gasteiger partial charge in [-0.3, -0.25) is 4.79 Å². The molecule has 0 aliphatic carbocycles. The van der Waals surface area contributed by atoms with Gasteiger partial charge in [0.05, 0.1) is 4.90 Å². The van der Waals surface area contributed by atoms with Crippen molar-refractivity contribution in [3.8, 4) is 5.69 Å². The Labute approximate surface area is 170 Å². The van der Waals surface area contributed by atoms with Gasteiger partial charge in [-0.25, -0.2) is 8.42 Å². The Bertz CT molecular complexity index is 1110. The van der Waals surface area contributed by atoms with Crippen LogP contribution in [0.4, 0.5) is 5.69 Å². The Morgan fingerprint density at radius 3 is 2.28 bits per heavy atom. The number of nitrogens with one attached hydrogen (secondary N) is 1. The van der Waals surface area contributed by atoms with E-state index in [4.69, 9.17) is 0 Å². The SMILES string of the molecule is Cc1ccc(C(=O)Nc2ccc(S(=O)(=O)N3CCCC3)cc2)cc1-n1cccc1. The van der Waals surface area contributed by atoms with Gasteiger partial charge in [0.1, 0.15) is 0 Å². The molecule has 1 aliphatic heterocycles. The average molecular weight is 410 g/mol. The fraction of sp³-hybridized carbons (Fsp3) is 0.227. The van der Waals surface area contributed by atoms with Crippen LogP contribution in [0.5, 0.6) is 0 Å². The molecule has 3 aromatic rings. The van der Waals surface area contributed by atoms with E-state index in [2.05, 4.69) is 5.32 Å². The number of hydrogen-bond acceptors (Lipinski definition) is 3. The average Bonchev–Trinajstić information content (AvgIpc) is 3.43. The minimum Gasteiger partial charge on any atom is -0.324 e. The number of aromatic nitrogens is 1. The van der Waals surface area contributed by atoms with Crippen molar-refractivity contribution in [1.82, 2.24) is 8.87 Å². The molecule has 0 bridgehead atoms. The predicted molar refractivity (Wildman–Crippen MR) is 113 cm³/mol. The molecule has 1 N–H and O–H groups in total. The molecule has 1 fully saturated rings. The lowest BCUT2D eigenvalue weighted by molar-refractivity contribution is 0.102. The zero-order valence-corrected chi connectivity index (χ0v) is 17.0. The van der Waals surface area contributed by atoms with Gasteiger partial charge in [-0.05, 0) is 73.9 Å². The molecule has 2 heterocycles. The summed E-state index contributed by atoms with van der Waals surface area (Å²) >= 11 is 0. The molecule has 6 nitrogen and oxygen atoms in total. The van der Waals surface area contributed by atoms with Gasteiger partial charge in [0, 0.05) is 42.4 Å². The molecule has 0 spiro atoms. The third kappa shape index (κ3) is 3.97. The van der Waals surface area contributed by atoms with E-state index < -0.39 is 10.0 Å². The van der Waals surface area contributed by atoms with Crippen molar-refractivity contribution < 1.29 is 13.2 Å². The Hall–Kier alpha value is -2.90. The summed E-state index contributed by atoms with van der Waals surface area (Å²) in [6.07, 6.45) is 5.66. The van der Waals surface area contributed by atoms with Gasteiger partial charge < -0.3 is 9.88 Å². The number of hydrogen-bond donors (Lipinski definition) is 1. The Morgan fingerprint density at radius 1 is 0.966 bits per heavy atom. The molecular weight excluding hydrogens is 386 g/mol. The topological polar surface area (TPSA) is 71.4 Å². The van der Waals surface area contributed by atoms with E-state index in [1.807, 2.05) is 48.1 Å². The van der Waals surface area contributed by atoms with Crippen LogP contribution in [-0.4, -0.2) is 36.3 Å². The lowest BCUT2D eigenvalue weighted by Gasteiger charge is -2.15. The predicted octanol–water partition coefficient (Wildman–Crippen LogP) is 3.82. The van der Waals surface area contributed by atoms with E-state index in [1.54, 1.807) is 30.3 Å². The van der Waals surface area contributed by atoms with Crippen molar-refractivity contribution in [2.45, 2.75) is 24.7 Å². The van der Waals surface area contributed by atoms with Crippen LogP contribution in [0.2, 0.25) is 0 Å². The fourth-order valence-electron chi connectivity index (χ4n) is 3.51. The van der Waals surface area contributed by atoms with Crippen molar-refractivity contribution in [3.63, 3.8) is 0 Å². The zero-order valence-electron chi connectivity index (χ0n) is 16.2. The van der Waals surface area contributed by atoms with Crippen LogP contribution in [-0.2, 0) is 10.0 Å². The number of anilines is 1. The minimum atomic E-state index is -3.45. The summed E-state index contributed by atoms with van der Waals surface area (Å²) in [4.78, 5) is 12.9. The highest BCUT2D eigenvalue weighted by molar-refractivity contribution is 7.89. The first kappa shape index (κ1) is 19.4. The molecule has 0 unspecified atom stereocenters. The van der Waals surface area contributed by atoms with Gasteiger partial charge in [0.2, 0.25) is 10.0 Å². The summed E-state index contributed by atoms with van der Waals surface area (Å²) < 4.78 is 28.7. The smallest absolute Gasteiger partial charge is 0.255 e. The summed E-state index contributed by atoms with van der Waals surface area (Å²) in [7, 11) is -3.45. The number of rotatable bonds is 5. The zero-order chi connectivity index (χ0) is 20.4. The van der Waals surface area contributed by atoms with E-state index in [-0.39, 0.29) is 10.8 Å². The van der Waals surface area contributed by atoms with Crippen molar-refractivity contribution in [3.05, 3.63) is 78.1 Å². The molecule has 0 saturated carbocycles. The normalized spacial score (nSPS) is 14.8. The molecule has 1 aromatic heterocycles. The van der Waals surface area contributed by atoms with Crippen molar-refractivity contribution >= 4 is 21.6 Å². The molecule has 1 aliphatic rings. The van der Waals surface area contributed by atoms with Gasteiger partial charge in [-0.2, -0.15) is 4.31 Å². The van der Waals surface area contributed by atoms with Crippen LogP contribution in [0.15, 0.2) is 71.9 Å². The first-order valence-corrected chi connectivity index (χ1v) is 11.0. The minimum absolute atomic E-state index is 0.242. The van der Waals surface area contributed by atoms with Crippen molar-refractivity contribution in [2.24, 2.45) is 0 Å². The molecule has 7 heteroatoms. The Balaban J connectivity index is 1.51. The standard InChI is InChI=1S/C22H23N3O3S/c1-17-6-7-18(16-21(17)24-12-2-3-13-24)22(26)23-19-8-10-20(11-9-19)29(27,28)25-14-4-5-15-25/h2-3,6-13,16H,4-5,14-15H2,1H3,(H,23,26). The maximum atomic E-state index is 12.7. The van der Waals surface area contributed by atoms with E-state index >= 15 is 0 Å². The van der Waals surface area contributed by atoms with Gasteiger partial charge in [-0.1, -0.05) is 6.07 Å². The molecule has 4 rings (SSSR count). The summed E-state index contributed by atoms with van der Waals surface area (Å²) in [5.41, 5.74) is 3.09. The van der Waals surface area contributed by atoms with Gasteiger partial charge in [-0.15, -0.1) is 0 Å². The second kappa shape index (κ2) is 7.85. The summed E-state index contributed by atoms with van der Waals surface area (Å²) in [5.74, 6) is -0.242. The summed E-state index contributed by atoms with van der Waals surface area (Å²) in [5, 5.41) is 2.84. The monoisotopic (exact) mass is 409 g/mol. The van der Waals surface area contributed by atoms with Crippen LogP contribution in [0, 0.1) is 6.92 Å². The summed E-state index contributed by atoms with van der Waals surface area (Å²) in [6, 6.07) is 15.8. The summed E-state index contributed by atoms with van der Waals surface area (Å²) in [6.45, 7) is 3.13. The Morgan fingerprint density at radius 2 is 1.62 bits per heavy atom. The fourth-order valence-corrected chi connectivity index (χ4v) is 5.03. The second-order valence-electron chi connectivity index (χ2n) is 7.18. The van der Waals surface area contributed by atoms with Gasteiger partial charge in [0.15, 0.2) is 0 Å². The molecule has 0 atom stereocenters. The molecule has 1 saturated heterocycles. The van der Waals surface area contributed by atoms with Gasteiger partial charge >= 0.3 is 0 Å². The molecule has 29 heavy (non-hydrogen) atoms. The second-order valence-corrected chi connectivity index (χ2v) is 9.12. The molecule has 0 radical (unpaired) electrons. The van der Waals surface area contributed by atoms with E-state index in [0.29, 0.717) is 24.3 Å². The molecule has 1 amide bonds. The number of carbonyl (C=O) groups is 1.